The number of carbonyl (C=O) groups excluding carboxylic acids is 1. The summed E-state index contributed by atoms with van der Waals surface area (Å²) in [5.74, 6) is -0.0182. The Morgan fingerprint density at radius 1 is 1.33 bits per heavy atom. The molecule has 0 saturated carbocycles. The van der Waals surface area contributed by atoms with Gasteiger partial charge in [-0.2, -0.15) is 13.2 Å². The number of alkyl halides is 3. The number of anilines is 1. The molecule has 1 atom stereocenters. The molecule has 0 aliphatic carbocycles. The number of aromatic nitrogens is 2. The fraction of sp³-hybridized carbons (Fsp3) is 0.450. The highest BCUT2D eigenvalue weighted by Gasteiger charge is 2.39. The lowest BCUT2D eigenvalue weighted by Gasteiger charge is -2.44. The van der Waals surface area contributed by atoms with Crippen LogP contribution in [-0.2, 0) is 17.5 Å². The average Bonchev–Trinajstić information content (AvgIpc) is 2.67. The zero-order valence-electron chi connectivity index (χ0n) is 16.5. The maximum absolute atomic E-state index is 12.8. The van der Waals surface area contributed by atoms with Gasteiger partial charge >= 0.3 is 12.3 Å². The van der Waals surface area contributed by atoms with Gasteiger partial charge in [0.25, 0.3) is 0 Å². The van der Waals surface area contributed by atoms with Gasteiger partial charge in [-0.15, -0.1) is 0 Å². The molecule has 162 valence electrons. The largest absolute Gasteiger partial charge is 0.445 e. The van der Waals surface area contributed by atoms with E-state index < -0.39 is 28.5 Å². The van der Waals surface area contributed by atoms with Crippen LogP contribution in [0.4, 0.5) is 23.9 Å². The molecule has 2 aromatic rings. The van der Waals surface area contributed by atoms with Crippen LogP contribution in [0.25, 0.3) is 0 Å². The fourth-order valence-electron chi connectivity index (χ4n) is 3.26. The number of nitrogens with zero attached hydrogens (tertiary/aromatic N) is 3. The molecule has 30 heavy (non-hydrogen) atoms. The number of amides is 1. The Labute approximate surface area is 177 Å². The highest BCUT2D eigenvalue weighted by atomic mass is 35.5. The normalized spacial score (nSPS) is 18.7. The van der Waals surface area contributed by atoms with Crippen LogP contribution < -0.4 is 5.32 Å². The molecule has 0 bridgehead atoms. The number of nitrogens with one attached hydrogen (secondary N) is 1. The van der Waals surface area contributed by atoms with E-state index in [1.54, 1.807) is 4.90 Å². The molecule has 0 radical (unpaired) electrons. The predicted molar refractivity (Wildman–Crippen MR) is 106 cm³/mol. The van der Waals surface area contributed by atoms with Crippen LogP contribution in [0, 0.1) is 0 Å². The molecular formula is C20H22ClF3N4O2. The first kappa shape index (κ1) is 22.1. The number of benzene rings is 1. The first-order valence-electron chi connectivity index (χ1n) is 9.41. The Morgan fingerprint density at radius 2 is 2.03 bits per heavy atom. The standard InChI is InChI=1S/C20H22ClF3N4O2/c1-19(2)9-8-14(26-17-25-10-15(16(21)27-17)20(22,23)24)11-28(19)18(29)30-12-13-6-4-3-5-7-13/h3-7,10,14H,8-9,11-12H2,1-2H3,(H,25,26,27)/t14-/m0/s1. The first-order chi connectivity index (χ1) is 14.1. The molecule has 0 spiro atoms. The monoisotopic (exact) mass is 442 g/mol. The molecular weight excluding hydrogens is 421 g/mol. The lowest BCUT2D eigenvalue weighted by molar-refractivity contribution is -0.137. The van der Waals surface area contributed by atoms with Gasteiger partial charge in [0.05, 0.1) is 0 Å². The number of hydrogen-bond donors (Lipinski definition) is 1. The molecule has 1 saturated heterocycles. The SMILES string of the molecule is CC1(C)CC[C@H](Nc2ncc(C(F)(F)F)c(Cl)n2)CN1C(=O)OCc1ccccc1. The second-order valence-electron chi connectivity index (χ2n) is 7.74. The Bertz CT molecular complexity index is 893. The van der Waals surface area contributed by atoms with E-state index in [1.807, 2.05) is 44.2 Å². The minimum Gasteiger partial charge on any atom is -0.445 e. The molecule has 0 unspecified atom stereocenters. The van der Waals surface area contributed by atoms with E-state index in [2.05, 4.69) is 15.3 Å². The average molecular weight is 443 g/mol. The van der Waals surface area contributed by atoms with E-state index in [0.29, 0.717) is 25.6 Å². The van der Waals surface area contributed by atoms with E-state index in [-0.39, 0.29) is 18.6 Å². The summed E-state index contributed by atoms with van der Waals surface area (Å²) in [6, 6.07) is 9.09. The van der Waals surface area contributed by atoms with Crippen LogP contribution >= 0.6 is 11.6 Å². The number of carbonyl (C=O) groups is 1. The van der Waals surface area contributed by atoms with Crippen LogP contribution in [-0.4, -0.2) is 39.1 Å². The van der Waals surface area contributed by atoms with Crippen LogP contribution in [0.3, 0.4) is 0 Å². The third kappa shape index (κ3) is 5.33. The van der Waals surface area contributed by atoms with Crippen molar-refractivity contribution >= 4 is 23.6 Å². The number of rotatable bonds is 4. The molecule has 1 N–H and O–H groups in total. The molecule has 3 rings (SSSR count). The molecule has 6 nitrogen and oxygen atoms in total. The number of ether oxygens (including phenoxy) is 1. The van der Waals surface area contributed by atoms with Gasteiger partial charge in [-0.05, 0) is 32.3 Å². The van der Waals surface area contributed by atoms with Crippen molar-refractivity contribution in [2.75, 3.05) is 11.9 Å². The van der Waals surface area contributed by atoms with Crippen molar-refractivity contribution in [1.82, 2.24) is 14.9 Å². The highest BCUT2D eigenvalue weighted by molar-refractivity contribution is 6.30. The van der Waals surface area contributed by atoms with Crippen LogP contribution in [0.1, 0.15) is 37.8 Å². The maximum Gasteiger partial charge on any atom is 0.420 e. The lowest BCUT2D eigenvalue weighted by Crippen LogP contribution is -2.56. The van der Waals surface area contributed by atoms with Crippen LogP contribution in [0.15, 0.2) is 36.5 Å². The van der Waals surface area contributed by atoms with Gasteiger partial charge < -0.3 is 15.0 Å². The summed E-state index contributed by atoms with van der Waals surface area (Å²) in [6.07, 6.45) is -3.08. The molecule has 1 amide bonds. The van der Waals surface area contributed by atoms with Gasteiger partial charge in [-0.25, -0.2) is 14.8 Å². The van der Waals surface area contributed by atoms with E-state index in [1.165, 1.54) is 0 Å². The topological polar surface area (TPSA) is 67.4 Å². The van der Waals surface area contributed by atoms with E-state index in [9.17, 15) is 18.0 Å². The minimum absolute atomic E-state index is 0.0182. The Balaban J connectivity index is 1.65. The third-order valence-electron chi connectivity index (χ3n) is 5.04. The predicted octanol–water partition coefficient (Wildman–Crippen LogP) is 5.14. The maximum atomic E-state index is 12.8. The summed E-state index contributed by atoms with van der Waals surface area (Å²) in [6.45, 7) is 4.33. The van der Waals surface area contributed by atoms with Crippen molar-refractivity contribution in [3.8, 4) is 0 Å². The zero-order chi connectivity index (χ0) is 21.9. The second kappa shape index (κ2) is 8.67. The number of hydrogen-bond acceptors (Lipinski definition) is 5. The smallest absolute Gasteiger partial charge is 0.420 e. The van der Waals surface area contributed by atoms with Crippen molar-refractivity contribution in [1.29, 1.82) is 0 Å². The first-order valence-corrected chi connectivity index (χ1v) is 9.78. The van der Waals surface area contributed by atoms with Crippen molar-refractivity contribution in [3.05, 3.63) is 52.8 Å². The summed E-state index contributed by atoms with van der Waals surface area (Å²) in [4.78, 5) is 21.7. The van der Waals surface area contributed by atoms with Gasteiger partial charge in [0.1, 0.15) is 17.3 Å². The van der Waals surface area contributed by atoms with Gasteiger partial charge in [0.2, 0.25) is 5.95 Å². The second-order valence-corrected chi connectivity index (χ2v) is 8.10. The highest BCUT2D eigenvalue weighted by Crippen LogP contribution is 2.34. The minimum atomic E-state index is -4.62. The number of halogens is 4. The van der Waals surface area contributed by atoms with Gasteiger partial charge in [0, 0.05) is 24.3 Å². The summed E-state index contributed by atoms with van der Waals surface area (Å²) < 4.78 is 43.9. The Hall–Kier alpha value is -2.55. The zero-order valence-corrected chi connectivity index (χ0v) is 17.3. The summed E-state index contributed by atoms with van der Waals surface area (Å²) >= 11 is 5.66. The summed E-state index contributed by atoms with van der Waals surface area (Å²) in [7, 11) is 0. The van der Waals surface area contributed by atoms with Crippen molar-refractivity contribution in [2.45, 2.75) is 51.1 Å². The van der Waals surface area contributed by atoms with Gasteiger partial charge in [0.15, 0.2) is 0 Å². The van der Waals surface area contributed by atoms with Gasteiger partial charge in [-0.1, -0.05) is 41.9 Å². The fourth-order valence-corrected chi connectivity index (χ4v) is 3.50. The van der Waals surface area contributed by atoms with Crippen LogP contribution in [0.2, 0.25) is 5.15 Å². The third-order valence-corrected chi connectivity index (χ3v) is 5.33. The van der Waals surface area contributed by atoms with Crippen LogP contribution in [0.5, 0.6) is 0 Å². The van der Waals surface area contributed by atoms with Crippen molar-refractivity contribution < 1.29 is 22.7 Å². The molecule has 1 aliphatic rings. The molecule has 1 aromatic heterocycles. The molecule has 1 fully saturated rings. The van der Waals surface area contributed by atoms with E-state index >= 15 is 0 Å². The van der Waals surface area contributed by atoms with Crippen molar-refractivity contribution in [3.63, 3.8) is 0 Å². The van der Waals surface area contributed by atoms with Gasteiger partial charge in [-0.3, -0.25) is 0 Å². The lowest BCUT2D eigenvalue weighted by atomic mass is 9.88. The molecule has 1 aromatic carbocycles. The summed E-state index contributed by atoms with van der Waals surface area (Å²) in [5.41, 5.74) is -0.640. The molecule has 10 heteroatoms. The molecule has 1 aliphatic heterocycles. The van der Waals surface area contributed by atoms with Crippen molar-refractivity contribution in [2.24, 2.45) is 0 Å². The van der Waals surface area contributed by atoms with E-state index in [4.69, 9.17) is 16.3 Å². The summed E-state index contributed by atoms with van der Waals surface area (Å²) in [5, 5.41) is 2.30. The Kier molecular flexibility index (Phi) is 6.40. The number of likely N-dealkylation sites (tertiary alicyclic amines) is 1. The van der Waals surface area contributed by atoms with E-state index in [0.717, 1.165) is 5.56 Å². The Morgan fingerprint density at radius 3 is 2.67 bits per heavy atom. The quantitative estimate of drug-likeness (QED) is 0.664. The molecule has 2 heterocycles. The number of piperidine rings is 1.